The number of rotatable bonds is 4. The smallest absolute Gasteiger partial charge is 0.122 e. The highest BCUT2D eigenvalue weighted by atomic mass is 16.5. The Kier molecular flexibility index (Phi) is 3.92. The molecule has 0 saturated carbocycles. The van der Waals surface area contributed by atoms with Crippen molar-refractivity contribution in [2.24, 2.45) is 0 Å². The van der Waals surface area contributed by atoms with Crippen LogP contribution in [-0.2, 0) is 13.0 Å². The van der Waals surface area contributed by atoms with Gasteiger partial charge in [-0.05, 0) is 36.1 Å². The minimum absolute atomic E-state index is 0.00145. The molecule has 3 heteroatoms. The van der Waals surface area contributed by atoms with E-state index in [-0.39, 0.29) is 13.2 Å². The van der Waals surface area contributed by atoms with Crippen LogP contribution >= 0.6 is 0 Å². The quantitative estimate of drug-likeness (QED) is 0.756. The molecule has 1 aromatic carbocycles. The number of aliphatic hydroxyl groups is 2. The average molecular weight is 196 g/mol. The molecule has 0 amide bonds. The van der Waals surface area contributed by atoms with E-state index in [2.05, 4.69) is 0 Å². The second-order valence-corrected chi connectivity index (χ2v) is 3.21. The van der Waals surface area contributed by atoms with E-state index < -0.39 is 0 Å². The lowest BCUT2D eigenvalue weighted by molar-refractivity contribution is 0.279. The van der Waals surface area contributed by atoms with E-state index in [9.17, 15) is 0 Å². The molecule has 0 atom stereocenters. The Bertz CT molecular complexity index is 282. The molecule has 0 aliphatic rings. The van der Waals surface area contributed by atoms with E-state index >= 15 is 0 Å². The Labute approximate surface area is 84.0 Å². The number of aliphatic hydroxyl groups excluding tert-OH is 2. The van der Waals surface area contributed by atoms with Gasteiger partial charge in [0.2, 0.25) is 0 Å². The molecule has 1 aromatic rings. The van der Waals surface area contributed by atoms with E-state index in [4.69, 9.17) is 14.9 Å². The van der Waals surface area contributed by atoms with E-state index in [1.54, 1.807) is 7.11 Å². The van der Waals surface area contributed by atoms with Gasteiger partial charge in [0.1, 0.15) is 5.75 Å². The summed E-state index contributed by atoms with van der Waals surface area (Å²) < 4.78 is 5.18. The highest BCUT2D eigenvalue weighted by molar-refractivity contribution is 5.42. The molecule has 3 nitrogen and oxygen atoms in total. The third kappa shape index (κ3) is 2.25. The van der Waals surface area contributed by atoms with E-state index in [0.29, 0.717) is 6.42 Å². The summed E-state index contributed by atoms with van der Waals surface area (Å²) >= 11 is 0. The predicted octanol–water partition coefficient (Wildman–Crippen LogP) is 1.03. The van der Waals surface area contributed by atoms with E-state index in [1.165, 1.54) is 0 Å². The maximum atomic E-state index is 9.11. The van der Waals surface area contributed by atoms with Crippen LogP contribution in [0.4, 0.5) is 0 Å². The topological polar surface area (TPSA) is 49.7 Å². The van der Waals surface area contributed by atoms with Gasteiger partial charge in [-0.1, -0.05) is 6.07 Å². The van der Waals surface area contributed by atoms with Crippen molar-refractivity contribution < 1.29 is 14.9 Å². The van der Waals surface area contributed by atoms with Crippen molar-refractivity contribution in [3.63, 3.8) is 0 Å². The fourth-order valence-electron chi connectivity index (χ4n) is 1.46. The highest BCUT2D eigenvalue weighted by Crippen LogP contribution is 2.24. The third-order valence-corrected chi connectivity index (χ3v) is 2.32. The van der Waals surface area contributed by atoms with E-state index in [0.717, 1.165) is 22.4 Å². The van der Waals surface area contributed by atoms with Gasteiger partial charge in [-0.2, -0.15) is 0 Å². The monoisotopic (exact) mass is 196 g/mol. The van der Waals surface area contributed by atoms with Gasteiger partial charge < -0.3 is 14.9 Å². The van der Waals surface area contributed by atoms with Crippen molar-refractivity contribution in [2.75, 3.05) is 13.7 Å². The van der Waals surface area contributed by atoms with Crippen LogP contribution in [0.3, 0.4) is 0 Å². The first-order valence-electron chi connectivity index (χ1n) is 4.61. The number of hydrogen-bond donors (Lipinski definition) is 2. The normalized spacial score (nSPS) is 10.3. The lowest BCUT2D eigenvalue weighted by Gasteiger charge is -2.11. The zero-order chi connectivity index (χ0) is 10.6. The summed E-state index contributed by atoms with van der Waals surface area (Å²) in [6, 6.07) is 3.79. The predicted molar refractivity (Wildman–Crippen MR) is 54.4 cm³/mol. The van der Waals surface area contributed by atoms with E-state index in [1.807, 2.05) is 19.1 Å². The molecule has 0 aromatic heterocycles. The van der Waals surface area contributed by atoms with Crippen molar-refractivity contribution in [2.45, 2.75) is 20.0 Å². The van der Waals surface area contributed by atoms with Crippen molar-refractivity contribution in [1.29, 1.82) is 0 Å². The number of benzene rings is 1. The highest BCUT2D eigenvalue weighted by Gasteiger charge is 2.06. The Morgan fingerprint density at radius 1 is 1.29 bits per heavy atom. The fraction of sp³-hybridized carbons (Fsp3) is 0.455. The maximum absolute atomic E-state index is 9.11. The average Bonchev–Trinajstić information content (AvgIpc) is 2.20. The zero-order valence-electron chi connectivity index (χ0n) is 8.58. The van der Waals surface area contributed by atoms with Crippen LogP contribution in [-0.4, -0.2) is 23.9 Å². The largest absolute Gasteiger partial charge is 0.496 e. The molecule has 0 radical (unpaired) electrons. The minimum Gasteiger partial charge on any atom is -0.496 e. The minimum atomic E-state index is 0.00145. The number of ether oxygens (including phenoxy) is 1. The molecule has 78 valence electrons. The van der Waals surface area contributed by atoms with Gasteiger partial charge >= 0.3 is 0 Å². The summed E-state index contributed by atoms with van der Waals surface area (Å²) in [7, 11) is 1.60. The molecule has 1 rings (SSSR count). The summed E-state index contributed by atoms with van der Waals surface area (Å²) in [4.78, 5) is 0. The van der Waals surface area contributed by atoms with Gasteiger partial charge in [0.05, 0.1) is 13.7 Å². The molecule has 0 unspecified atom stereocenters. The standard InChI is InChI=1S/C11H16O3/c1-8-10(7-13)5-9(3-4-12)6-11(8)14-2/h5-6,12-13H,3-4,7H2,1-2H3. The van der Waals surface area contributed by atoms with Crippen LogP contribution in [0, 0.1) is 6.92 Å². The van der Waals surface area contributed by atoms with Crippen LogP contribution in [0.25, 0.3) is 0 Å². The third-order valence-electron chi connectivity index (χ3n) is 2.32. The first-order chi connectivity index (χ1) is 6.72. The molecule has 0 saturated heterocycles. The fourth-order valence-corrected chi connectivity index (χ4v) is 1.46. The summed E-state index contributed by atoms with van der Waals surface area (Å²) in [6.45, 7) is 2.02. The summed E-state index contributed by atoms with van der Waals surface area (Å²) in [5.41, 5.74) is 2.79. The van der Waals surface area contributed by atoms with Crippen LogP contribution in [0.15, 0.2) is 12.1 Å². The van der Waals surface area contributed by atoms with Gasteiger partial charge in [0.25, 0.3) is 0 Å². The van der Waals surface area contributed by atoms with Crippen molar-refractivity contribution in [3.05, 3.63) is 28.8 Å². The number of hydrogen-bond acceptors (Lipinski definition) is 3. The van der Waals surface area contributed by atoms with Crippen LogP contribution in [0.2, 0.25) is 0 Å². The summed E-state index contributed by atoms with van der Waals surface area (Å²) in [5, 5.41) is 17.9. The molecule has 2 N–H and O–H groups in total. The zero-order valence-corrected chi connectivity index (χ0v) is 8.58. The Balaban J connectivity index is 3.11. The first kappa shape index (κ1) is 11.0. The Morgan fingerprint density at radius 2 is 2.00 bits per heavy atom. The summed E-state index contributed by atoms with van der Waals surface area (Å²) in [5.74, 6) is 0.764. The Morgan fingerprint density at radius 3 is 2.50 bits per heavy atom. The van der Waals surface area contributed by atoms with Gasteiger partial charge in [-0.15, -0.1) is 0 Å². The summed E-state index contributed by atoms with van der Waals surface area (Å²) in [6.07, 6.45) is 0.587. The van der Waals surface area contributed by atoms with Crippen LogP contribution in [0.5, 0.6) is 5.75 Å². The van der Waals surface area contributed by atoms with Gasteiger partial charge in [0.15, 0.2) is 0 Å². The molecular formula is C11H16O3. The lowest BCUT2D eigenvalue weighted by Crippen LogP contribution is -1.99. The second kappa shape index (κ2) is 4.98. The van der Waals surface area contributed by atoms with Crippen LogP contribution < -0.4 is 4.74 Å². The van der Waals surface area contributed by atoms with Gasteiger partial charge in [-0.3, -0.25) is 0 Å². The molecule has 0 bridgehead atoms. The maximum Gasteiger partial charge on any atom is 0.122 e. The molecule has 0 heterocycles. The molecule has 0 spiro atoms. The molecular weight excluding hydrogens is 180 g/mol. The van der Waals surface area contributed by atoms with Crippen molar-refractivity contribution in [1.82, 2.24) is 0 Å². The SMILES string of the molecule is COc1cc(CCO)cc(CO)c1C. The first-order valence-corrected chi connectivity index (χ1v) is 4.61. The Hall–Kier alpha value is -1.06. The van der Waals surface area contributed by atoms with Crippen LogP contribution in [0.1, 0.15) is 16.7 Å². The second-order valence-electron chi connectivity index (χ2n) is 3.21. The molecule has 0 aliphatic carbocycles. The molecule has 0 aliphatic heterocycles. The van der Waals surface area contributed by atoms with Gasteiger partial charge in [0, 0.05) is 6.61 Å². The van der Waals surface area contributed by atoms with Gasteiger partial charge in [-0.25, -0.2) is 0 Å². The lowest BCUT2D eigenvalue weighted by atomic mass is 10.0. The number of methoxy groups -OCH3 is 1. The molecule has 14 heavy (non-hydrogen) atoms. The van der Waals surface area contributed by atoms with Crippen molar-refractivity contribution >= 4 is 0 Å². The van der Waals surface area contributed by atoms with Crippen molar-refractivity contribution in [3.8, 4) is 5.75 Å². The molecule has 0 fully saturated rings.